The first kappa shape index (κ1) is 12.9. The molecule has 0 aromatic carbocycles. The van der Waals surface area contributed by atoms with E-state index in [1.807, 2.05) is 0 Å². The number of thiocarbonyl (C=S) groups is 1. The molecule has 78 valence electrons. The van der Waals surface area contributed by atoms with Crippen molar-refractivity contribution in [3.63, 3.8) is 0 Å². The van der Waals surface area contributed by atoms with E-state index in [1.54, 1.807) is 0 Å². The second-order valence-corrected chi connectivity index (χ2v) is 4.90. The van der Waals surface area contributed by atoms with E-state index < -0.39 is 0 Å². The van der Waals surface area contributed by atoms with Crippen LogP contribution in [0.2, 0.25) is 0 Å². The van der Waals surface area contributed by atoms with Gasteiger partial charge in [0.2, 0.25) is 0 Å². The molecule has 0 rings (SSSR count). The Labute approximate surface area is 88.5 Å². The molecule has 0 amide bonds. The molecule has 0 unspecified atom stereocenters. The summed E-state index contributed by atoms with van der Waals surface area (Å²) in [5, 5.41) is 0. The molecule has 13 heavy (non-hydrogen) atoms. The van der Waals surface area contributed by atoms with Gasteiger partial charge in [-0.2, -0.15) is 0 Å². The maximum atomic E-state index is 5.40. The minimum absolute atomic E-state index is 0.675. The Morgan fingerprint density at radius 3 is 2.00 bits per heavy atom. The molecule has 0 aliphatic heterocycles. The molecule has 0 saturated heterocycles. The van der Waals surface area contributed by atoms with Crippen LogP contribution in [0.3, 0.4) is 0 Å². The van der Waals surface area contributed by atoms with Gasteiger partial charge in [0.25, 0.3) is 0 Å². The van der Waals surface area contributed by atoms with Crippen LogP contribution in [0.5, 0.6) is 0 Å². The van der Waals surface area contributed by atoms with Crippen molar-refractivity contribution < 1.29 is 0 Å². The first-order valence-corrected chi connectivity index (χ1v) is 5.65. The lowest BCUT2D eigenvalue weighted by Gasteiger charge is -2.26. The van der Waals surface area contributed by atoms with Gasteiger partial charge in [0.1, 0.15) is 0 Å². The fourth-order valence-electron chi connectivity index (χ4n) is 1.33. The van der Waals surface area contributed by atoms with Crippen molar-refractivity contribution in [1.29, 1.82) is 0 Å². The largest absolute Gasteiger partial charge is 0.366 e. The minimum Gasteiger partial charge on any atom is -0.366 e. The van der Waals surface area contributed by atoms with Crippen molar-refractivity contribution in [2.75, 3.05) is 13.1 Å². The van der Waals surface area contributed by atoms with Crippen LogP contribution in [0.1, 0.15) is 41.0 Å². The molecule has 0 spiro atoms. The smallest absolute Gasteiger partial charge is 0.0781 e. The van der Waals surface area contributed by atoms with Crippen LogP contribution in [0.25, 0.3) is 0 Å². The average Bonchev–Trinajstić information content (AvgIpc) is 1.98. The highest BCUT2D eigenvalue weighted by Crippen LogP contribution is 2.08. The summed E-state index contributed by atoms with van der Waals surface area (Å²) in [4.78, 5) is 3.45. The van der Waals surface area contributed by atoms with Gasteiger partial charge in [-0.15, -0.1) is 0 Å². The van der Waals surface area contributed by atoms with Gasteiger partial charge in [0.05, 0.1) is 4.99 Å². The monoisotopic (exact) mass is 201 g/mol. The van der Waals surface area contributed by atoms with Gasteiger partial charge in [-0.3, -0.25) is 0 Å². The summed E-state index contributed by atoms with van der Waals surface area (Å²) in [6.45, 7) is 13.2. The van der Waals surface area contributed by atoms with Gasteiger partial charge < -0.3 is 4.90 Å². The molecular weight excluding hydrogens is 178 g/mol. The summed E-state index contributed by atoms with van der Waals surface area (Å²) in [7, 11) is 0. The quantitative estimate of drug-likeness (QED) is 0.628. The lowest BCUT2D eigenvalue weighted by Crippen LogP contribution is -2.33. The minimum atomic E-state index is 0.675. The lowest BCUT2D eigenvalue weighted by atomic mass is 10.1. The SMILES string of the molecule is CCN(CC(C)C)C(=S)CC(C)C. The lowest BCUT2D eigenvalue weighted by molar-refractivity contribution is 0.376. The summed E-state index contributed by atoms with van der Waals surface area (Å²) in [6, 6.07) is 0. The molecule has 0 aromatic heterocycles. The maximum Gasteiger partial charge on any atom is 0.0781 e. The van der Waals surface area contributed by atoms with Gasteiger partial charge in [-0.1, -0.05) is 39.9 Å². The van der Waals surface area contributed by atoms with E-state index in [0.717, 1.165) is 24.5 Å². The van der Waals surface area contributed by atoms with E-state index in [0.29, 0.717) is 11.8 Å². The van der Waals surface area contributed by atoms with Crippen LogP contribution in [0.4, 0.5) is 0 Å². The van der Waals surface area contributed by atoms with Gasteiger partial charge in [0.15, 0.2) is 0 Å². The Morgan fingerprint density at radius 2 is 1.69 bits per heavy atom. The third-order valence-corrected chi connectivity index (χ3v) is 2.33. The highest BCUT2D eigenvalue weighted by molar-refractivity contribution is 7.80. The zero-order valence-electron chi connectivity index (χ0n) is 9.63. The molecule has 2 heteroatoms. The fraction of sp³-hybridized carbons (Fsp3) is 0.909. The Balaban J connectivity index is 3.99. The van der Waals surface area contributed by atoms with E-state index in [9.17, 15) is 0 Å². The van der Waals surface area contributed by atoms with Gasteiger partial charge in [0, 0.05) is 19.5 Å². The average molecular weight is 201 g/mol. The molecule has 0 atom stereocenters. The molecule has 0 bridgehead atoms. The summed E-state index contributed by atoms with van der Waals surface area (Å²) < 4.78 is 0. The zero-order chi connectivity index (χ0) is 10.4. The second kappa shape index (κ2) is 6.36. The van der Waals surface area contributed by atoms with E-state index >= 15 is 0 Å². The maximum absolute atomic E-state index is 5.40. The number of hydrogen-bond acceptors (Lipinski definition) is 1. The van der Waals surface area contributed by atoms with E-state index in [-0.39, 0.29) is 0 Å². The van der Waals surface area contributed by atoms with Crippen molar-refractivity contribution in [1.82, 2.24) is 4.90 Å². The van der Waals surface area contributed by atoms with Crippen molar-refractivity contribution in [3.8, 4) is 0 Å². The molecule has 0 heterocycles. The Kier molecular flexibility index (Phi) is 6.31. The fourth-order valence-corrected chi connectivity index (χ4v) is 1.86. The van der Waals surface area contributed by atoms with Crippen LogP contribution in [0, 0.1) is 11.8 Å². The van der Waals surface area contributed by atoms with Gasteiger partial charge in [-0.05, 0) is 18.8 Å². The topological polar surface area (TPSA) is 3.24 Å². The molecular formula is C11H23NS. The van der Waals surface area contributed by atoms with Crippen LogP contribution >= 0.6 is 12.2 Å². The molecule has 1 nitrogen and oxygen atoms in total. The predicted octanol–water partition coefficient (Wildman–Crippen LogP) is 3.34. The van der Waals surface area contributed by atoms with Gasteiger partial charge >= 0.3 is 0 Å². The molecule has 0 aromatic rings. The second-order valence-electron chi connectivity index (χ2n) is 4.42. The number of hydrogen-bond donors (Lipinski definition) is 0. The molecule has 0 aliphatic carbocycles. The summed E-state index contributed by atoms with van der Waals surface area (Å²) in [5.41, 5.74) is 0. The predicted molar refractivity (Wildman–Crippen MR) is 64.1 cm³/mol. The Hall–Kier alpha value is -0.110. The standard InChI is InChI=1S/C11H23NS/c1-6-12(8-10(4)5)11(13)7-9(2)3/h9-10H,6-8H2,1-5H3. The van der Waals surface area contributed by atoms with E-state index in [1.165, 1.54) is 0 Å². The summed E-state index contributed by atoms with van der Waals surface area (Å²) >= 11 is 5.40. The number of rotatable bonds is 5. The Bertz CT molecular complexity index is 152. The van der Waals surface area contributed by atoms with Crippen molar-refractivity contribution in [3.05, 3.63) is 0 Å². The Morgan fingerprint density at radius 1 is 1.15 bits per heavy atom. The van der Waals surface area contributed by atoms with Gasteiger partial charge in [-0.25, -0.2) is 0 Å². The summed E-state index contributed by atoms with van der Waals surface area (Å²) in [5.74, 6) is 1.37. The molecule has 0 fully saturated rings. The first-order valence-electron chi connectivity index (χ1n) is 5.25. The van der Waals surface area contributed by atoms with E-state index in [4.69, 9.17) is 12.2 Å². The molecule has 0 N–H and O–H groups in total. The molecule has 0 saturated carbocycles. The van der Waals surface area contributed by atoms with E-state index in [2.05, 4.69) is 39.5 Å². The third kappa shape index (κ3) is 6.03. The molecule has 0 radical (unpaired) electrons. The van der Waals surface area contributed by atoms with Crippen molar-refractivity contribution in [2.24, 2.45) is 11.8 Å². The zero-order valence-corrected chi connectivity index (χ0v) is 10.4. The van der Waals surface area contributed by atoms with Crippen LogP contribution < -0.4 is 0 Å². The highest BCUT2D eigenvalue weighted by Gasteiger charge is 2.10. The molecule has 0 aliphatic rings. The highest BCUT2D eigenvalue weighted by atomic mass is 32.1. The van der Waals surface area contributed by atoms with Crippen molar-refractivity contribution in [2.45, 2.75) is 41.0 Å². The first-order chi connectivity index (χ1) is 5.97. The van der Waals surface area contributed by atoms with Crippen LogP contribution in [-0.2, 0) is 0 Å². The van der Waals surface area contributed by atoms with Crippen LogP contribution in [0.15, 0.2) is 0 Å². The third-order valence-electron chi connectivity index (χ3n) is 1.90. The van der Waals surface area contributed by atoms with Crippen LogP contribution in [-0.4, -0.2) is 23.0 Å². The van der Waals surface area contributed by atoms with Crippen molar-refractivity contribution >= 4 is 17.2 Å². The summed E-state index contributed by atoms with van der Waals surface area (Å²) in [6.07, 6.45) is 1.05. The number of nitrogens with zero attached hydrogens (tertiary/aromatic N) is 1. The normalized spacial score (nSPS) is 11.0.